The molecule has 3 heterocycles. The number of methoxy groups -OCH3 is 1. The molecule has 3 aromatic rings. The number of carbonyl (C=O) groups is 2. The molecule has 36 heavy (non-hydrogen) atoms. The minimum Gasteiger partial charge on any atom is -0.497 e. The van der Waals surface area contributed by atoms with Crippen LogP contribution < -0.4 is 10.1 Å². The number of nitrogens with zero attached hydrogens (tertiary/aromatic N) is 3. The van der Waals surface area contributed by atoms with Crippen LogP contribution in [0.3, 0.4) is 0 Å². The monoisotopic (exact) mass is 494 g/mol. The Balaban J connectivity index is 1.52. The van der Waals surface area contributed by atoms with Crippen LogP contribution in [0.25, 0.3) is 10.9 Å². The van der Waals surface area contributed by atoms with E-state index in [1.54, 1.807) is 29.0 Å². The first-order chi connectivity index (χ1) is 17.3. The van der Waals surface area contributed by atoms with Crippen LogP contribution in [0.4, 0.5) is 14.9 Å². The highest BCUT2D eigenvalue weighted by atomic mass is 19.1. The number of aromatic nitrogens is 1. The lowest BCUT2D eigenvalue weighted by molar-refractivity contribution is -0.135. The molecular formula is C27H31FN4O4. The number of aliphatic hydroxyl groups is 1. The lowest BCUT2D eigenvalue weighted by Gasteiger charge is -2.50. The maximum Gasteiger partial charge on any atom is 0.321 e. The number of hydrogen-bond acceptors (Lipinski definition) is 4. The average molecular weight is 495 g/mol. The summed E-state index contributed by atoms with van der Waals surface area (Å²) in [5.41, 5.74) is 2.80. The number of piperidine rings is 1. The molecule has 2 aliphatic heterocycles. The quantitative estimate of drug-likeness (QED) is 0.580. The number of benzene rings is 2. The molecule has 0 radical (unpaired) electrons. The molecule has 2 aliphatic rings. The Morgan fingerprint density at radius 2 is 1.92 bits per heavy atom. The molecule has 2 aromatic carbocycles. The minimum atomic E-state index is -0.477. The Labute approximate surface area is 209 Å². The van der Waals surface area contributed by atoms with Gasteiger partial charge in [0, 0.05) is 56.2 Å². The van der Waals surface area contributed by atoms with Crippen LogP contribution in [0.2, 0.25) is 0 Å². The summed E-state index contributed by atoms with van der Waals surface area (Å²) in [6.45, 7) is 2.74. The Kier molecular flexibility index (Phi) is 6.12. The van der Waals surface area contributed by atoms with Crippen molar-refractivity contribution in [3.05, 3.63) is 59.5 Å². The van der Waals surface area contributed by atoms with Crippen LogP contribution in [-0.2, 0) is 17.3 Å². The lowest BCUT2D eigenvalue weighted by Crippen LogP contribution is -2.56. The zero-order valence-corrected chi connectivity index (χ0v) is 20.8. The molecule has 190 valence electrons. The fourth-order valence-corrected chi connectivity index (χ4v) is 5.99. The van der Waals surface area contributed by atoms with Crippen molar-refractivity contribution in [1.29, 1.82) is 0 Å². The molecule has 0 bridgehead atoms. The van der Waals surface area contributed by atoms with Crippen molar-refractivity contribution in [2.45, 2.75) is 31.2 Å². The SMILES string of the molecule is COc1ccc2c3c(n(C)c2c1)[C@@H](CO)N(C(C)=O)CC31CCN(C(=O)Nc2ccccc2F)CC1. The number of ether oxygens (including phenoxy) is 1. The minimum absolute atomic E-state index is 0.0957. The van der Waals surface area contributed by atoms with Crippen molar-refractivity contribution in [3.63, 3.8) is 0 Å². The molecule has 0 unspecified atom stereocenters. The number of fused-ring (bicyclic) bond motifs is 4. The van der Waals surface area contributed by atoms with Gasteiger partial charge in [-0.15, -0.1) is 0 Å². The maximum absolute atomic E-state index is 14.1. The van der Waals surface area contributed by atoms with Crippen LogP contribution in [0, 0.1) is 5.82 Å². The van der Waals surface area contributed by atoms with E-state index >= 15 is 0 Å². The van der Waals surface area contributed by atoms with Gasteiger partial charge in [-0.25, -0.2) is 9.18 Å². The first kappa shape index (κ1) is 24.1. The molecule has 2 N–H and O–H groups in total. The highest BCUT2D eigenvalue weighted by molar-refractivity contribution is 5.91. The number of anilines is 1. The molecule has 9 heteroatoms. The number of para-hydroxylation sites is 1. The summed E-state index contributed by atoms with van der Waals surface area (Å²) in [5, 5.41) is 14.1. The van der Waals surface area contributed by atoms with E-state index in [9.17, 15) is 19.1 Å². The third kappa shape index (κ3) is 3.78. The van der Waals surface area contributed by atoms with Crippen molar-refractivity contribution < 1.29 is 23.8 Å². The highest BCUT2D eigenvalue weighted by Crippen LogP contribution is 2.50. The smallest absolute Gasteiger partial charge is 0.321 e. The number of nitrogens with one attached hydrogen (secondary N) is 1. The number of amides is 3. The van der Waals surface area contributed by atoms with E-state index in [2.05, 4.69) is 9.88 Å². The summed E-state index contributed by atoms with van der Waals surface area (Å²) >= 11 is 0. The molecule has 8 nitrogen and oxygen atoms in total. The van der Waals surface area contributed by atoms with Gasteiger partial charge in [-0.3, -0.25) is 4.79 Å². The number of rotatable bonds is 3. The predicted octanol–water partition coefficient (Wildman–Crippen LogP) is 3.79. The summed E-state index contributed by atoms with van der Waals surface area (Å²) < 4.78 is 21.6. The Hall–Kier alpha value is -3.59. The summed E-state index contributed by atoms with van der Waals surface area (Å²) in [4.78, 5) is 29.1. The fourth-order valence-electron chi connectivity index (χ4n) is 5.99. The van der Waals surface area contributed by atoms with Crippen LogP contribution >= 0.6 is 0 Å². The summed E-state index contributed by atoms with van der Waals surface area (Å²) in [7, 11) is 3.58. The largest absolute Gasteiger partial charge is 0.497 e. The van der Waals surface area contributed by atoms with Crippen molar-refractivity contribution >= 4 is 28.5 Å². The third-order valence-corrected chi connectivity index (χ3v) is 7.85. The first-order valence-corrected chi connectivity index (χ1v) is 12.1. The standard InChI is InChI=1S/C27H31FN4O4/c1-17(34)32-16-27(10-12-31(13-11-27)26(35)29-21-7-5-4-6-20(21)28)24-19-9-8-18(36-3)14-22(19)30(2)25(24)23(32)15-33/h4-9,14,23,33H,10-13,15-16H2,1-3H3,(H,29,35)/t23-/m1/s1. The number of carbonyl (C=O) groups excluding carboxylic acids is 2. The van der Waals surface area contributed by atoms with Crippen LogP contribution in [0.15, 0.2) is 42.5 Å². The van der Waals surface area contributed by atoms with Gasteiger partial charge in [-0.2, -0.15) is 0 Å². The molecular weight excluding hydrogens is 463 g/mol. The van der Waals surface area contributed by atoms with Crippen LogP contribution in [0.5, 0.6) is 5.75 Å². The summed E-state index contributed by atoms with van der Waals surface area (Å²) in [5.74, 6) is 0.161. The van der Waals surface area contributed by atoms with Crippen LogP contribution in [0.1, 0.15) is 37.1 Å². The summed E-state index contributed by atoms with van der Waals surface area (Å²) in [6.07, 6.45) is 1.27. The molecule has 5 rings (SSSR count). The number of aryl methyl sites for hydroxylation is 1. The van der Waals surface area contributed by atoms with Crippen molar-refractivity contribution in [1.82, 2.24) is 14.4 Å². The van der Waals surface area contributed by atoms with Gasteiger partial charge >= 0.3 is 6.03 Å². The highest BCUT2D eigenvalue weighted by Gasteiger charge is 2.49. The Morgan fingerprint density at radius 1 is 1.19 bits per heavy atom. The van der Waals surface area contributed by atoms with Gasteiger partial charge in [0.25, 0.3) is 0 Å². The number of halogens is 1. The molecule has 3 amide bonds. The number of urea groups is 1. The second-order valence-electron chi connectivity index (χ2n) is 9.73. The normalized spacial score (nSPS) is 18.9. The van der Waals surface area contributed by atoms with Crippen molar-refractivity contribution in [3.8, 4) is 5.75 Å². The molecule has 0 saturated carbocycles. The van der Waals surface area contributed by atoms with Gasteiger partial charge < -0.3 is 29.5 Å². The van der Waals surface area contributed by atoms with Crippen LogP contribution in [-0.4, -0.2) is 64.8 Å². The molecule has 1 spiro atoms. The van der Waals surface area contributed by atoms with E-state index in [0.29, 0.717) is 32.5 Å². The van der Waals surface area contributed by atoms with Gasteiger partial charge in [0.15, 0.2) is 0 Å². The van der Waals surface area contributed by atoms with E-state index < -0.39 is 11.9 Å². The average Bonchev–Trinajstić information content (AvgIpc) is 3.18. The molecule has 0 aliphatic carbocycles. The topological polar surface area (TPSA) is 87.0 Å². The number of hydrogen-bond donors (Lipinski definition) is 2. The van der Waals surface area contributed by atoms with Crippen molar-refractivity contribution in [2.24, 2.45) is 7.05 Å². The zero-order valence-electron chi connectivity index (χ0n) is 20.8. The predicted molar refractivity (Wildman–Crippen MR) is 135 cm³/mol. The number of aliphatic hydroxyl groups excluding tert-OH is 1. The summed E-state index contributed by atoms with van der Waals surface area (Å²) in [6, 6.07) is 11.3. The second-order valence-corrected chi connectivity index (χ2v) is 9.73. The van der Waals surface area contributed by atoms with E-state index in [1.165, 1.54) is 19.1 Å². The second kappa shape index (κ2) is 9.13. The van der Waals surface area contributed by atoms with Gasteiger partial charge in [0.05, 0.1) is 31.0 Å². The van der Waals surface area contributed by atoms with Gasteiger partial charge in [-0.05, 0) is 42.7 Å². The molecule has 1 atom stereocenters. The van der Waals surface area contributed by atoms with E-state index in [-0.39, 0.29) is 29.6 Å². The maximum atomic E-state index is 14.1. The Bertz CT molecular complexity index is 1330. The first-order valence-electron chi connectivity index (χ1n) is 12.1. The lowest BCUT2D eigenvalue weighted by atomic mass is 9.68. The van der Waals surface area contributed by atoms with Gasteiger partial charge in [0.2, 0.25) is 5.91 Å². The van der Waals surface area contributed by atoms with E-state index in [4.69, 9.17) is 4.74 Å². The third-order valence-electron chi connectivity index (χ3n) is 7.85. The fraction of sp³-hybridized carbons (Fsp3) is 0.407. The zero-order chi connectivity index (χ0) is 25.6. The molecule has 1 aromatic heterocycles. The number of likely N-dealkylation sites (tertiary alicyclic amines) is 1. The van der Waals surface area contributed by atoms with Crippen molar-refractivity contribution in [2.75, 3.05) is 38.7 Å². The van der Waals surface area contributed by atoms with Gasteiger partial charge in [0.1, 0.15) is 11.6 Å². The molecule has 1 fully saturated rings. The van der Waals surface area contributed by atoms with Gasteiger partial charge in [-0.1, -0.05) is 12.1 Å². The molecule has 1 saturated heterocycles. The van der Waals surface area contributed by atoms with E-state index in [0.717, 1.165) is 27.9 Å². The Morgan fingerprint density at radius 3 is 2.56 bits per heavy atom. The van der Waals surface area contributed by atoms with E-state index in [1.807, 2.05) is 25.2 Å².